The third kappa shape index (κ3) is 3.79. The van der Waals surface area contributed by atoms with Crippen molar-refractivity contribution in [1.82, 2.24) is 0 Å². The molecule has 0 fully saturated rings. The van der Waals surface area contributed by atoms with Gasteiger partial charge in [0.2, 0.25) is 5.91 Å². The first-order valence-corrected chi connectivity index (χ1v) is 6.75. The lowest BCUT2D eigenvalue weighted by molar-refractivity contribution is -0.380. The van der Waals surface area contributed by atoms with Crippen LogP contribution in [0.25, 0.3) is 0 Å². The number of benzene rings is 1. The van der Waals surface area contributed by atoms with Crippen LogP contribution in [0.3, 0.4) is 0 Å². The zero-order chi connectivity index (χ0) is 14.5. The molecule has 0 aliphatic carbocycles. The molecular weight excluding hydrogens is 278 g/mol. The number of carbonyl (C=O) groups is 1. The van der Waals surface area contributed by atoms with Crippen molar-refractivity contribution in [2.75, 3.05) is 5.32 Å². The highest BCUT2D eigenvalue weighted by atomic mass is 32.1. The van der Waals surface area contributed by atoms with Crippen molar-refractivity contribution in [3.05, 3.63) is 57.0 Å². The van der Waals surface area contributed by atoms with Gasteiger partial charge in [-0.25, -0.2) is 0 Å². The van der Waals surface area contributed by atoms with Gasteiger partial charge in [-0.15, -0.1) is 0 Å². The number of nitrogens with two attached hydrogens (primary N) is 1. The van der Waals surface area contributed by atoms with Crippen molar-refractivity contribution in [1.29, 1.82) is 0 Å². The predicted octanol–water partition coefficient (Wildman–Crippen LogP) is 2.30. The first-order chi connectivity index (χ1) is 9.54. The number of nitrogens with zero attached hydrogens (tertiary/aromatic N) is 1. The van der Waals surface area contributed by atoms with Gasteiger partial charge in [-0.05, 0) is 23.3 Å². The van der Waals surface area contributed by atoms with Crippen LogP contribution in [0.5, 0.6) is 0 Å². The molecule has 0 aliphatic rings. The lowest BCUT2D eigenvalue weighted by atomic mass is 10.1. The van der Waals surface area contributed by atoms with E-state index in [-0.39, 0.29) is 17.3 Å². The summed E-state index contributed by atoms with van der Waals surface area (Å²) in [7, 11) is 0. The van der Waals surface area contributed by atoms with Crippen molar-refractivity contribution < 1.29 is 9.72 Å². The fourth-order valence-electron chi connectivity index (χ4n) is 1.70. The van der Waals surface area contributed by atoms with Gasteiger partial charge in [0.05, 0.1) is 11.3 Å². The molecule has 0 aliphatic heterocycles. The number of thiophene rings is 1. The Balaban J connectivity index is 1.93. The highest BCUT2D eigenvalue weighted by molar-refractivity contribution is 7.13. The van der Waals surface area contributed by atoms with Gasteiger partial charge in [0, 0.05) is 23.7 Å². The minimum atomic E-state index is -0.396. The Hall–Kier alpha value is -2.41. The topological polar surface area (TPSA) is 98.3 Å². The number of rotatable bonds is 6. The van der Waals surface area contributed by atoms with E-state index in [1.165, 1.54) is 0 Å². The molecule has 2 rings (SSSR count). The molecule has 1 aromatic carbocycles. The van der Waals surface area contributed by atoms with Crippen molar-refractivity contribution in [3.63, 3.8) is 0 Å². The van der Waals surface area contributed by atoms with Crippen LogP contribution in [0, 0.1) is 10.1 Å². The summed E-state index contributed by atoms with van der Waals surface area (Å²) in [6, 6.07) is 8.89. The molecule has 0 saturated carbocycles. The Morgan fingerprint density at radius 2 is 2.00 bits per heavy atom. The van der Waals surface area contributed by atoms with Crippen molar-refractivity contribution >= 4 is 27.9 Å². The average molecular weight is 291 g/mol. The standard InChI is InChI=1S/C13H13N3O3S/c14-12(17)5-9-1-3-11(4-2-9)15-7-10-6-13(16(18)19)20-8-10/h1-4,6,8,15H,5,7H2,(H2,14,17). The van der Waals surface area contributed by atoms with Crippen LogP contribution >= 0.6 is 11.3 Å². The van der Waals surface area contributed by atoms with Crippen LogP contribution in [0.15, 0.2) is 35.7 Å². The summed E-state index contributed by atoms with van der Waals surface area (Å²) in [6.45, 7) is 0.513. The van der Waals surface area contributed by atoms with Crippen LogP contribution in [0.4, 0.5) is 10.7 Å². The second-order valence-electron chi connectivity index (χ2n) is 4.24. The molecule has 7 heteroatoms. The Kier molecular flexibility index (Phi) is 4.31. The number of anilines is 1. The van der Waals surface area contributed by atoms with Crippen molar-refractivity contribution in [2.45, 2.75) is 13.0 Å². The quantitative estimate of drug-likeness (QED) is 0.630. The Morgan fingerprint density at radius 3 is 2.55 bits per heavy atom. The summed E-state index contributed by atoms with van der Waals surface area (Å²) in [5, 5.41) is 15.6. The normalized spacial score (nSPS) is 10.2. The Labute approximate surface area is 119 Å². The van der Waals surface area contributed by atoms with E-state index in [1.807, 2.05) is 24.3 Å². The van der Waals surface area contributed by atoms with E-state index in [2.05, 4.69) is 5.32 Å². The zero-order valence-corrected chi connectivity index (χ0v) is 11.4. The summed E-state index contributed by atoms with van der Waals surface area (Å²) in [5.74, 6) is -0.365. The molecule has 0 bridgehead atoms. The van der Waals surface area contributed by atoms with E-state index >= 15 is 0 Å². The SMILES string of the molecule is NC(=O)Cc1ccc(NCc2csc([N+](=O)[O-])c2)cc1. The van der Waals surface area contributed by atoms with Crippen LogP contribution in [0.2, 0.25) is 0 Å². The summed E-state index contributed by atoms with van der Waals surface area (Å²) >= 11 is 1.11. The molecular formula is C13H13N3O3S. The van der Waals surface area contributed by atoms with E-state index in [0.717, 1.165) is 28.2 Å². The van der Waals surface area contributed by atoms with Gasteiger partial charge in [-0.2, -0.15) is 0 Å². The highest BCUT2D eigenvalue weighted by Gasteiger charge is 2.09. The zero-order valence-electron chi connectivity index (χ0n) is 10.5. The Bertz CT molecular complexity index is 622. The first-order valence-electron chi connectivity index (χ1n) is 5.87. The minimum absolute atomic E-state index is 0.138. The molecule has 0 saturated heterocycles. The van der Waals surface area contributed by atoms with E-state index in [9.17, 15) is 14.9 Å². The van der Waals surface area contributed by atoms with Crippen LogP contribution in [-0.4, -0.2) is 10.8 Å². The van der Waals surface area contributed by atoms with Gasteiger partial charge in [-0.3, -0.25) is 14.9 Å². The molecule has 6 nitrogen and oxygen atoms in total. The smallest absolute Gasteiger partial charge is 0.324 e. The number of nitrogens with one attached hydrogen (secondary N) is 1. The van der Waals surface area contributed by atoms with E-state index in [4.69, 9.17) is 5.73 Å². The van der Waals surface area contributed by atoms with E-state index in [0.29, 0.717) is 6.54 Å². The van der Waals surface area contributed by atoms with Gasteiger partial charge >= 0.3 is 5.00 Å². The lowest BCUT2D eigenvalue weighted by Crippen LogP contribution is -2.13. The molecule has 1 aromatic heterocycles. The number of primary amides is 1. The second kappa shape index (κ2) is 6.16. The molecule has 20 heavy (non-hydrogen) atoms. The van der Waals surface area contributed by atoms with E-state index < -0.39 is 4.92 Å². The number of hydrogen-bond donors (Lipinski definition) is 2. The third-order valence-electron chi connectivity index (χ3n) is 2.65. The summed E-state index contributed by atoms with van der Waals surface area (Å²) in [4.78, 5) is 21.0. The number of amides is 1. The molecule has 104 valence electrons. The van der Waals surface area contributed by atoms with Crippen LogP contribution in [-0.2, 0) is 17.8 Å². The number of hydrogen-bond acceptors (Lipinski definition) is 5. The lowest BCUT2D eigenvalue weighted by Gasteiger charge is -2.05. The van der Waals surface area contributed by atoms with Gasteiger partial charge in [0.25, 0.3) is 0 Å². The average Bonchev–Trinajstić information content (AvgIpc) is 2.86. The Morgan fingerprint density at radius 1 is 1.30 bits per heavy atom. The molecule has 3 N–H and O–H groups in total. The second-order valence-corrected chi connectivity index (χ2v) is 5.13. The molecule has 0 spiro atoms. The minimum Gasteiger partial charge on any atom is -0.381 e. The number of carbonyl (C=O) groups excluding carboxylic acids is 1. The monoisotopic (exact) mass is 291 g/mol. The first kappa shape index (κ1) is 14.0. The maximum atomic E-state index is 10.8. The highest BCUT2D eigenvalue weighted by Crippen LogP contribution is 2.23. The van der Waals surface area contributed by atoms with Crippen LogP contribution in [0.1, 0.15) is 11.1 Å². The van der Waals surface area contributed by atoms with E-state index in [1.54, 1.807) is 11.4 Å². The maximum absolute atomic E-state index is 10.8. The summed E-state index contributed by atoms with van der Waals surface area (Å²) in [6.07, 6.45) is 0.219. The van der Waals surface area contributed by atoms with Gasteiger partial charge in [0.1, 0.15) is 0 Å². The van der Waals surface area contributed by atoms with Gasteiger partial charge in [0.15, 0.2) is 0 Å². The summed E-state index contributed by atoms with van der Waals surface area (Å²) < 4.78 is 0. The molecule has 0 atom stereocenters. The molecule has 2 aromatic rings. The molecule has 0 unspecified atom stereocenters. The summed E-state index contributed by atoms with van der Waals surface area (Å²) in [5.41, 5.74) is 7.72. The van der Waals surface area contributed by atoms with Crippen molar-refractivity contribution in [3.8, 4) is 0 Å². The van der Waals surface area contributed by atoms with Crippen molar-refractivity contribution in [2.24, 2.45) is 5.73 Å². The predicted molar refractivity (Wildman–Crippen MR) is 77.6 cm³/mol. The molecule has 1 amide bonds. The third-order valence-corrected chi connectivity index (χ3v) is 3.58. The fourth-order valence-corrected chi connectivity index (χ4v) is 2.43. The van der Waals surface area contributed by atoms with Gasteiger partial charge < -0.3 is 11.1 Å². The molecule has 0 radical (unpaired) electrons. The fraction of sp³-hybridized carbons (Fsp3) is 0.154. The largest absolute Gasteiger partial charge is 0.381 e. The van der Waals surface area contributed by atoms with Crippen LogP contribution < -0.4 is 11.1 Å². The molecule has 1 heterocycles. The number of nitro groups is 1. The maximum Gasteiger partial charge on any atom is 0.324 e. The van der Waals surface area contributed by atoms with Gasteiger partial charge in [-0.1, -0.05) is 23.5 Å².